The zero-order chi connectivity index (χ0) is 24.8. The van der Waals surface area contributed by atoms with Gasteiger partial charge in [-0.25, -0.2) is 0 Å². The van der Waals surface area contributed by atoms with E-state index in [4.69, 9.17) is 33.2 Å². The highest BCUT2D eigenvalue weighted by molar-refractivity contribution is 5.69. The minimum atomic E-state index is -0.136. The number of esters is 1. The van der Waals surface area contributed by atoms with Gasteiger partial charge in [0.1, 0.15) is 6.61 Å². The van der Waals surface area contributed by atoms with Crippen LogP contribution in [0, 0.1) is 0 Å². The molecule has 0 atom stereocenters. The molecular weight excluding hydrogens is 440 g/mol. The molecule has 0 heterocycles. The molecule has 204 valence electrons. The van der Waals surface area contributed by atoms with Gasteiger partial charge >= 0.3 is 5.97 Å². The highest BCUT2D eigenvalue weighted by Crippen LogP contribution is 2.05. The van der Waals surface area contributed by atoms with Crippen molar-refractivity contribution in [3.63, 3.8) is 0 Å². The second-order valence-corrected chi connectivity index (χ2v) is 8.12. The van der Waals surface area contributed by atoms with Crippen molar-refractivity contribution in [1.29, 1.82) is 0 Å². The number of unbranched alkanes of at least 4 members (excludes halogenated alkanes) is 7. The topological polar surface area (TPSA) is 81.7 Å². The van der Waals surface area contributed by atoms with Gasteiger partial charge in [0.2, 0.25) is 0 Å². The fourth-order valence-corrected chi connectivity index (χ4v) is 2.99. The Balaban J connectivity index is 3.08. The summed E-state index contributed by atoms with van der Waals surface area (Å²) in [7, 11) is 0. The van der Waals surface area contributed by atoms with Gasteiger partial charge in [-0.1, -0.05) is 58.8 Å². The first-order chi connectivity index (χ1) is 16.8. The molecular formula is C26H52O8. The number of hydrogen-bond acceptors (Lipinski definition) is 8. The number of carbonyl (C=O) groups excluding carboxylic acids is 1. The maximum absolute atomic E-state index is 11.6. The molecule has 0 radical (unpaired) electrons. The highest BCUT2D eigenvalue weighted by atomic mass is 16.6. The van der Waals surface area contributed by atoms with Gasteiger partial charge < -0.3 is 33.2 Å². The normalized spacial score (nSPS) is 11.2. The average molecular weight is 493 g/mol. The van der Waals surface area contributed by atoms with Crippen molar-refractivity contribution in [3.8, 4) is 0 Å². The second kappa shape index (κ2) is 30.3. The molecule has 0 N–H and O–H groups in total. The maximum Gasteiger partial charge on any atom is 0.305 e. The molecule has 34 heavy (non-hydrogen) atoms. The Morgan fingerprint density at radius 2 is 0.765 bits per heavy atom. The minimum Gasteiger partial charge on any atom is -0.463 e. The van der Waals surface area contributed by atoms with Gasteiger partial charge in [-0.3, -0.25) is 4.79 Å². The summed E-state index contributed by atoms with van der Waals surface area (Å²) >= 11 is 0. The van der Waals surface area contributed by atoms with E-state index in [-0.39, 0.29) is 5.97 Å². The molecule has 0 saturated heterocycles. The second-order valence-electron chi connectivity index (χ2n) is 8.12. The molecule has 0 amide bonds. The molecule has 0 bridgehead atoms. The third-order valence-corrected chi connectivity index (χ3v) is 4.98. The van der Waals surface area contributed by atoms with Crippen molar-refractivity contribution in [3.05, 3.63) is 0 Å². The van der Waals surface area contributed by atoms with E-state index in [1.54, 1.807) is 0 Å². The van der Waals surface area contributed by atoms with Gasteiger partial charge in [-0.2, -0.15) is 0 Å². The Hall–Kier alpha value is -0.770. The molecule has 0 aromatic carbocycles. The lowest BCUT2D eigenvalue weighted by Crippen LogP contribution is -2.15. The van der Waals surface area contributed by atoms with E-state index in [0.717, 1.165) is 25.9 Å². The summed E-state index contributed by atoms with van der Waals surface area (Å²) in [4.78, 5) is 11.6. The molecule has 0 rings (SSSR count). The number of carbonyl (C=O) groups is 1. The fourth-order valence-electron chi connectivity index (χ4n) is 2.99. The lowest BCUT2D eigenvalue weighted by atomic mass is 10.1. The fraction of sp³-hybridized carbons (Fsp3) is 0.962. The quantitative estimate of drug-likeness (QED) is 0.111. The third-order valence-electron chi connectivity index (χ3n) is 4.98. The van der Waals surface area contributed by atoms with E-state index in [0.29, 0.717) is 85.7 Å². The zero-order valence-electron chi connectivity index (χ0n) is 22.0. The summed E-state index contributed by atoms with van der Waals surface area (Å²) in [6.07, 6.45) is 11.0. The first-order valence-corrected chi connectivity index (χ1v) is 13.4. The predicted octanol–water partition coefficient (Wildman–Crippen LogP) is 4.57. The van der Waals surface area contributed by atoms with Crippen LogP contribution in [0.1, 0.15) is 78.1 Å². The van der Waals surface area contributed by atoms with E-state index in [9.17, 15) is 4.79 Å². The van der Waals surface area contributed by atoms with Crippen molar-refractivity contribution in [2.24, 2.45) is 0 Å². The van der Waals surface area contributed by atoms with Crippen LogP contribution < -0.4 is 0 Å². The van der Waals surface area contributed by atoms with Crippen molar-refractivity contribution in [1.82, 2.24) is 0 Å². The minimum absolute atomic E-state index is 0.136. The third kappa shape index (κ3) is 29.3. The lowest BCUT2D eigenvalue weighted by Gasteiger charge is -2.08. The number of ether oxygens (including phenoxy) is 7. The molecule has 0 aromatic rings. The first kappa shape index (κ1) is 33.2. The van der Waals surface area contributed by atoms with Crippen molar-refractivity contribution in [2.45, 2.75) is 78.1 Å². The van der Waals surface area contributed by atoms with Crippen molar-refractivity contribution >= 4 is 5.97 Å². The molecule has 0 spiro atoms. The van der Waals surface area contributed by atoms with Crippen LogP contribution >= 0.6 is 0 Å². The van der Waals surface area contributed by atoms with Gasteiger partial charge in [0.15, 0.2) is 0 Å². The lowest BCUT2D eigenvalue weighted by molar-refractivity contribution is -0.145. The molecule has 8 heteroatoms. The number of rotatable bonds is 29. The molecule has 0 fully saturated rings. The molecule has 0 aliphatic carbocycles. The van der Waals surface area contributed by atoms with Crippen molar-refractivity contribution in [2.75, 3.05) is 85.9 Å². The summed E-state index contributed by atoms with van der Waals surface area (Å²) in [6, 6.07) is 0. The van der Waals surface area contributed by atoms with Gasteiger partial charge in [0.05, 0.1) is 72.7 Å². The summed E-state index contributed by atoms with van der Waals surface area (Å²) in [5.74, 6) is -0.136. The Labute approximate surface area is 208 Å². The largest absolute Gasteiger partial charge is 0.463 e. The zero-order valence-corrected chi connectivity index (χ0v) is 22.0. The van der Waals surface area contributed by atoms with Gasteiger partial charge in [0, 0.05) is 13.0 Å². The van der Waals surface area contributed by atoms with E-state index in [2.05, 4.69) is 13.8 Å². The standard InChI is InChI=1S/C26H52O8/c1-3-5-7-9-10-12-26(27)34-25-24-33-23-22-32-21-20-31-19-18-30-17-16-29-15-14-28-13-11-8-6-4-2/h3-25H2,1-2H3. The van der Waals surface area contributed by atoms with Crippen LogP contribution in [0.4, 0.5) is 0 Å². The SMILES string of the molecule is CCCCCCCC(=O)OCCOCCOCCOCCOCCOCCOCCCCCC. The van der Waals surface area contributed by atoms with Crippen LogP contribution in [0.25, 0.3) is 0 Å². The molecule has 0 aliphatic rings. The predicted molar refractivity (Wildman–Crippen MR) is 133 cm³/mol. The summed E-state index contributed by atoms with van der Waals surface area (Å²) in [6.45, 7) is 11.4. The Morgan fingerprint density at radius 3 is 1.21 bits per heavy atom. The average Bonchev–Trinajstić information content (AvgIpc) is 2.84. The van der Waals surface area contributed by atoms with E-state index >= 15 is 0 Å². The van der Waals surface area contributed by atoms with Crippen LogP contribution in [0.3, 0.4) is 0 Å². The molecule has 0 unspecified atom stereocenters. The van der Waals surface area contributed by atoms with Crippen LogP contribution in [-0.2, 0) is 38.0 Å². The highest BCUT2D eigenvalue weighted by Gasteiger charge is 2.02. The Bertz CT molecular complexity index is 395. The smallest absolute Gasteiger partial charge is 0.305 e. The summed E-state index contributed by atoms with van der Waals surface area (Å²) < 4.78 is 37.8. The van der Waals surface area contributed by atoms with Gasteiger partial charge in [-0.15, -0.1) is 0 Å². The molecule has 0 aliphatic heterocycles. The number of hydrogen-bond donors (Lipinski definition) is 0. The molecule has 0 saturated carbocycles. The monoisotopic (exact) mass is 492 g/mol. The Kier molecular flexibility index (Phi) is 29.6. The van der Waals surface area contributed by atoms with E-state index in [1.165, 1.54) is 38.5 Å². The molecule has 0 aromatic heterocycles. The maximum atomic E-state index is 11.6. The van der Waals surface area contributed by atoms with Crippen LogP contribution in [0.5, 0.6) is 0 Å². The molecule has 8 nitrogen and oxygen atoms in total. The van der Waals surface area contributed by atoms with Gasteiger partial charge in [-0.05, 0) is 12.8 Å². The Morgan fingerprint density at radius 1 is 0.412 bits per heavy atom. The van der Waals surface area contributed by atoms with E-state index in [1.807, 2.05) is 0 Å². The first-order valence-electron chi connectivity index (χ1n) is 13.4. The van der Waals surface area contributed by atoms with Crippen molar-refractivity contribution < 1.29 is 38.0 Å². The summed E-state index contributed by atoms with van der Waals surface area (Å²) in [5, 5.41) is 0. The van der Waals surface area contributed by atoms with Crippen LogP contribution in [0.2, 0.25) is 0 Å². The van der Waals surface area contributed by atoms with Crippen LogP contribution in [0.15, 0.2) is 0 Å². The van der Waals surface area contributed by atoms with E-state index < -0.39 is 0 Å². The van der Waals surface area contributed by atoms with Gasteiger partial charge in [0.25, 0.3) is 0 Å². The summed E-state index contributed by atoms with van der Waals surface area (Å²) in [5.41, 5.74) is 0. The van der Waals surface area contributed by atoms with Crippen LogP contribution in [-0.4, -0.2) is 91.9 Å².